The third-order valence-corrected chi connectivity index (χ3v) is 3.39. The fourth-order valence-electron chi connectivity index (χ4n) is 2.26. The zero-order valence-corrected chi connectivity index (χ0v) is 14.7. The van der Waals surface area contributed by atoms with Crippen LogP contribution >= 0.6 is 24.0 Å². The number of hydrogen-bond donors (Lipinski definition) is 2. The lowest BCUT2D eigenvalue weighted by atomic mass is 10.0. The Morgan fingerprint density at radius 3 is 2.84 bits per heavy atom. The fraction of sp³-hybridized carbons (Fsp3) is 0.786. The van der Waals surface area contributed by atoms with Gasteiger partial charge < -0.3 is 16.0 Å². The third kappa shape index (κ3) is 8.47. The zero-order valence-electron chi connectivity index (χ0n) is 12.3. The van der Waals surface area contributed by atoms with E-state index in [9.17, 15) is 0 Å². The number of guanidine groups is 1. The summed E-state index contributed by atoms with van der Waals surface area (Å²) >= 11 is 0. The molecule has 1 heterocycles. The van der Waals surface area contributed by atoms with Crippen molar-refractivity contribution in [2.75, 3.05) is 26.2 Å². The topological polar surface area (TPSA) is 53.6 Å². The number of likely N-dealkylation sites (tertiary alicyclic amines) is 1. The van der Waals surface area contributed by atoms with Crippen molar-refractivity contribution in [1.29, 1.82) is 0 Å². The molecule has 4 nitrogen and oxygen atoms in total. The molecule has 1 saturated heterocycles. The van der Waals surface area contributed by atoms with E-state index in [0.717, 1.165) is 31.1 Å². The van der Waals surface area contributed by atoms with Crippen molar-refractivity contribution in [2.45, 2.75) is 45.6 Å². The van der Waals surface area contributed by atoms with Crippen LogP contribution in [0.5, 0.6) is 0 Å². The van der Waals surface area contributed by atoms with Gasteiger partial charge in [-0.15, -0.1) is 24.0 Å². The van der Waals surface area contributed by atoms with Crippen LogP contribution in [0.1, 0.15) is 39.5 Å². The molecular formula is C14H29IN4. The quantitative estimate of drug-likeness (QED) is 0.245. The minimum absolute atomic E-state index is 0. The highest BCUT2D eigenvalue weighted by Gasteiger charge is 2.16. The largest absolute Gasteiger partial charge is 0.370 e. The van der Waals surface area contributed by atoms with Crippen molar-refractivity contribution in [3.05, 3.63) is 12.2 Å². The molecule has 1 rings (SSSR count). The van der Waals surface area contributed by atoms with Gasteiger partial charge in [0.15, 0.2) is 5.96 Å². The zero-order chi connectivity index (χ0) is 13.4. The summed E-state index contributed by atoms with van der Waals surface area (Å²) in [6, 6.07) is 0.744. The van der Waals surface area contributed by atoms with Crippen LogP contribution in [0.25, 0.3) is 0 Å². The summed E-state index contributed by atoms with van der Waals surface area (Å²) in [5.41, 5.74) is 6.78. The summed E-state index contributed by atoms with van der Waals surface area (Å²) in [5, 5.41) is 3.15. The Bertz CT molecular complexity index is 291. The molecule has 3 N–H and O–H groups in total. The summed E-state index contributed by atoms with van der Waals surface area (Å²) in [4.78, 5) is 6.77. The molecule has 1 aliphatic rings. The number of piperidine rings is 1. The Morgan fingerprint density at radius 1 is 1.47 bits per heavy atom. The Balaban J connectivity index is 0.00000324. The van der Waals surface area contributed by atoms with Crippen LogP contribution < -0.4 is 11.1 Å². The van der Waals surface area contributed by atoms with Gasteiger partial charge in [0.2, 0.25) is 0 Å². The van der Waals surface area contributed by atoms with Gasteiger partial charge in [-0.2, -0.15) is 0 Å². The van der Waals surface area contributed by atoms with E-state index < -0.39 is 0 Å². The maximum atomic E-state index is 5.75. The lowest BCUT2D eigenvalue weighted by Crippen LogP contribution is -2.40. The monoisotopic (exact) mass is 380 g/mol. The maximum Gasteiger partial charge on any atom is 0.188 e. The summed E-state index contributed by atoms with van der Waals surface area (Å²) in [5.74, 6) is 0.532. The van der Waals surface area contributed by atoms with E-state index in [1.54, 1.807) is 0 Å². The van der Waals surface area contributed by atoms with Gasteiger partial charge in [0.1, 0.15) is 0 Å². The molecule has 0 aromatic heterocycles. The van der Waals surface area contributed by atoms with Crippen LogP contribution in [0, 0.1) is 0 Å². The van der Waals surface area contributed by atoms with E-state index in [1.165, 1.54) is 25.8 Å². The number of nitrogens with zero attached hydrogens (tertiary/aromatic N) is 2. The summed E-state index contributed by atoms with van der Waals surface area (Å²) in [7, 11) is 0. The lowest BCUT2D eigenvalue weighted by molar-refractivity contribution is 0.159. The van der Waals surface area contributed by atoms with Gasteiger partial charge in [-0.05, 0) is 39.7 Å². The number of halogens is 1. The van der Waals surface area contributed by atoms with E-state index >= 15 is 0 Å². The van der Waals surface area contributed by atoms with Gasteiger partial charge in [-0.25, -0.2) is 4.99 Å². The van der Waals surface area contributed by atoms with Crippen molar-refractivity contribution in [3.8, 4) is 0 Å². The van der Waals surface area contributed by atoms with Gasteiger partial charge in [0.05, 0.1) is 6.54 Å². The molecule has 19 heavy (non-hydrogen) atoms. The van der Waals surface area contributed by atoms with Gasteiger partial charge in [-0.1, -0.05) is 18.6 Å². The van der Waals surface area contributed by atoms with Crippen LogP contribution in [-0.4, -0.2) is 43.1 Å². The molecule has 1 fully saturated rings. The second-order valence-electron chi connectivity index (χ2n) is 5.32. The molecule has 5 heteroatoms. The highest BCUT2D eigenvalue weighted by Crippen LogP contribution is 2.15. The molecule has 0 saturated carbocycles. The first kappa shape index (κ1) is 18.7. The molecule has 0 amide bonds. The average Bonchev–Trinajstić information content (AvgIpc) is 2.34. The molecule has 0 aliphatic carbocycles. The molecule has 0 radical (unpaired) electrons. The summed E-state index contributed by atoms with van der Waals surface area (Å²) in [6.07, 6.45) is 5.19. The molecule has 1 aliphatic heterocycles. The molecule has 1 atom stereocenters. The van der Waals surface area contributed by atoms with Gasteiger partial charge in [0.25, 0.3) is 0 Å². The second-order valence-corrected chi connectivity index (χ2v) is 5.32. The predicted octanol–water partition coefficient (Wildman–Crippen LogP) is 2.35. The Hall–Kier alpha value is -0.300. The first-order valence-electron chi connectivity index (χ1n) is 7.02. The van der Waals surface area contributed by atoms with E-state index in [1.807, 2.05) is 6.92 Å². The van der Waals surface area contributed by atoms with E-state index in [0.29, 0.717) is 12.5 Å². The standard InChI is InChI=1S/C14H28N4.HI/c1-12(2)11-17-14(15)16-8-6-10-18-9-5-4-7-13(18)3;/h13H,1,4-11H2,2-3H3,(H3,15,16,17);1H. The van der Waals surface area contributed by atoms with Crippen LogP contribution in [0.2, 0.25) is 0 Å². The minimum Gasteiger partial charge on any atom is -0.370 e. The molecule has 1 unspecified atom stereocenters. The lowest BCUT2D eigenvalue weighted by Gasteiger charge is -2.33. The molecule has 0 spiro atoms. The average molecular weight is 380 g/mol. The van der Waals surface area contributed by atoms with E-state index in [2.05, 4.69) is 28.7 Å². The summed E-state index contributed by atoms with van der Waals surface area (Å²) in [6.45, 7) is 12.0. The molecule has 0 bridgehead atoms. The van der Waals surface area contributed by atoms with E-state index in [-0.39, 0.29) is 24.0 Å². The van der Waals surface area contributed by atoms with Gasteiger partial charge >= 0.3 is 0 Å². The number of rotatable bonds is 6. The van der Waals surface area contributed by atoms with Crippen LogP contribution in [-0.2, 0) is 0 Å². The second kappa shape index (κ2) is 10.5. The Kier molecular flexibility index (Phi) is 10.3. The highest BCUT2D eigenvalue weighted by atomic mass is 127. The van der Waals surface area contributed by atoms with Crippen molar-refractivity contribution in [3.63, 3.8) is 0 Å². The normalized spacial score (nSPS) is 20.7. The van der Waals surface area contributed by atoms with Crippen LogP contribution in [0.15, 0.2) is 17.1 Å². The van der Waals surface area contributed by atoms with E-state index in [4.69, 9.17) is 5.73 Å². The SMILES string of the molecule is C=C(C)CN=C(N)NCCCN1CCCCC1C.I. The summed E-state index contributed by atoms with van der Waals surface area (Å²) < 4.78 is 0. The van der Waals surface area contributed by atoms with Crippen molar-refractivity contribution >= 4 is 29.9 Å². The molecule has 112 valence electrons. The highest BCUT2D eigenvalue weighted by molar-refractivity contribution is 14.0. The number of nitrogens with one attached hydrogen (secondary N) is 1. The Morgan fingerprint density at radius 2 is 2.21 bits per heavy atom. The van der Waals surface area contributed by atoms with Gasteiger partial charge in [-0.3, -0.25) is 0 Å². The third-order valence-electron chi connectivity index (χ3n) is 3.39. The van der Waals surface area contributed by atoms with Crippen molar-refractivity contribution < 1.29 is 0 Å². The number of hydrogen-bond acceptors (Lipinski definition) is 2. The molecule has 0 aromatic rings. The maximum absolute atomic E-state index is 5.75. The number of aliphatic imine (C=N–C) groups is 1. The van der Waals surface area contributed by atoms with Crippen LogP contribution in [0.3, 0.4) is 0 Å². The van der Waals surface area contributed by atoms with Gasteiger partial charge in [0, 0.05) is 19.1 Å². The first-order chi connectivity index (χ1) is 8.59. The van der Waals surface area contributed by atoms with Crippen LogP contribution in [0.4, 0.5) is 0 Å². The minimum atomic E-state index is 0. The predicted molar refractivity (Wildman–Crippen MR) is 94.2 cm³/mol. The molecule has 0 aromatic carbocycles. The smallest absolute Gasteiger partial charge is 0.188 e. The Labute approximate surface area is 134 Å². The fourth-order valence-corrected chi connectivity index (χ4v) is 2.26. The molecular weight excluding hydrogens is 351 g/mol. The first-order valence-corrected chi connectivity index (χ1v) is 7.02. The van der Waals surface area contributed by atoms with Crippen molar-refractivity contribution in [1.82, 2.24) is 10.2 Å². The number of nitrogens with two attached hydrogens (primary N) is 1. The van der Waals surface area contributed by atoms with Crippen molar-refractivity contribution in [2.24, 2.45) is 10.7 Å².